The fourth-order valence-electron chi connectivity index (χ4n) is 3.99. The van der Waals surface area contributed by atoms with Crippen molar-refractivity contribution in [1.82, 2.24) is 4.90 Å². The number of nitrogens with zero attached hydrogens (tertiary/aromatic N) is 1. The summed E-state index contributed by atoms with van der Waals surface area (Å²) in [5.41, 5.74) is 1.73. The first-order chi connectivity index (χ1) is 13.6. The van der Waals surface area contributed by atoms with Gasteiger partial charge in [0.15, 0.2) is 0 Å². The van der Waals surface area contributed by atoms with E-state index in [0.717, 1.165) is 24.8 Å². The Labute approximate surface area is 163 Å². The van der Waals surface area contributed by atoms with Crippen molar-refractivity contribution in [1.29, 1.82) is 0 Å². The van der Waals surface area contributed by atoms with Crippen LogP contribution in [0.2, 0.25) is 0 Å². The number of imide groups is 1. The molecule has 1 fully saturated rings. The third-order valence-electron chi connectivity index (χ3n) is 5.44. The Kier molecular flexibility index (Phi) is 5.13. The van der Waals surface area contributed by atoms with Crippen LogP contribution >= 0.6 is 0 Å². The summed E-state index contributed by atoms with van der Waals surface area (Å²) in [6.45, 7) is 0.270. The third kappa shape index (κ3) is 3.52. The zero-order valence-corrected chi connectivity index (χ0v) is 15.7. The van der Waals surface area contributed by atoms with E-state index in [-0.39, 0.29) is 36.4 Å². The predicted molar refractivity (Wildman–Crippen MR) is 101 cm³/mol. The highest BCUT2D eigenvalue weighted by atomic mass is 19.1. The van der Waals surface area contributed by atoms with Gasteiger partial charge in [-0.15, -0.1) is 0 Å². The van der Waals surface area contributed by atoms with Crippen molar-refractivity contribution in [3.8, 4) is 5.75 Å². The lowest BCUT2D eigenvalue weighted by Crippen LogP contribution is -2.37. The first-order valence-corrected chi connectivity index (χ1v) is 9.50. The second kappa shape index (κ2) is 7.72. The highest BCUT2D eigenvalue weighted by Crippen LogP contribution is 2.29. The topological polar surface area (TPSA) is 55.8 Å². The summed E-state index contributed by atoms with van der Waals surface area (Å²) >= 11 is 0. The molecule has 6 heteroatoms. The molecule has 4 rings (SSSR count). The van der Waals surface area contributed by atoms with Crippen LogP contribution in [-0.2, 0) is 11.2 Å². The van der Waals surface area contributed by atoms with Gasteiger partial charge < -0.3 is 9.47 Å². The molecule has 0 unspecified atom stereocenters. The number of carbonyl (C=O) groups excluding carboxylic acids is 2. The molecule has 2 heterocycles. The number of fused-ring (bicyclic) bond motifs is 1. The van der Waals surface area contributed by atoms with Crippen LogP contribution in [0.5, 0.6) is 5.75 Å². The van der Waals surface area contributed by atoms with E-state index in [2.05, 4.69) is 0 Å². The van der Waals surface area contributed by atoms with Crippen LogP contribution in [0.15, 0.2) is 42.5 Å². The Bertz CT molecular complexity index is 878. The molecule has 28 heavy (non-hydrogen) atoms. The molecule has 0 aromatic heterocycles. The lowest BCUT2D eigenvalue weighted by Gasteiger charge is -2.20. The summed E-state index contributed by atoms with van der Waals surface area (Å²) in [6.07, 6.45) is 2.88. The average Bonchev–Trinajstić information content (AvgIpc) is 3.25. The molecule has 2 aromatic carbocycles. The molecule has 0 N–H and O–H groups in total. The van der Waals surface area contributed by atoms with E-state index in [1.165, 1.54) is 17.0 Å². The standard InChI is InChI=1S/C22H22FNO4/c1-27-20-11-7-15(23)12-14(20)6-8-16-9-10-17(28-16)13-24-21(25)18-4-2-3-5-19(18)22(24)26/h2-5,7,11-12,16-17H,6,8-10,13H2,1H3/t16-,17+/m0/s1. The van der Waals surface area contributed by atoms with E-state index < -0.39 is 0 Å². The van der Waals surface area contributed by atoms with E-state index >= 15 is 0 Å². The van der Waals surface area contributed by atoms with E-state index in [1.54, 1.807) is 37.4 Å². The summed E-state index contributed by atoms with van der Waals surface area (Å²) < 4.78 is 24.9. The Morgan fingerprint density at radius 3 is 2.43 bits per heavy atom. The molecule has 2 aliphatic rings. The number of ether oxygens (including phenoxy) is 2. The van der Waals surface area contributed by atoms with Gasteiger partial charge in [-0.2, -0.15) is 0 Å². The van der Waals surface area contributed by atoms with Gasteiger partial charge in [0, 0.05) is 0 Å². The van der Waals surface area contributed by atoms with Crippen LogP contribution in [0, 0.1) is 5.82 Å². The summed E-state index contributed by atoms with van der Waals surface area (Å²) in [5, 5.41) is 0. The second-order valence-electron chi connectivity index (χ2n) is 7.22. The lowest BCUT2D eigenvalue weighted by molar-refractivity contribution is 0.0195. The first kappa shape index (κ1) is 18.6. The number of carbonyl (C=O) groups is 2. The van der Waals surface area contributed by atoms with Gasteiger partial charge in [0.2, 0.25) is 0 Å². The van der Waals surface area contributed by atoms with Crippen molar-refractivity contribution >= 4 is 11.8 Å². The van der Waals surface area contributed by atoms with Crippen molar-refractivity contribution in [2.45, 2.75) is 37.9 Å². The maximum Gasteiger partial charge on any atom is 0.261 e. The Balaban J connectivity index is 1.34. The fraction of sp³-hybridized carbons (Fsp3) is 0.364. The number of halogens is 1. The lowest BCUT2D eigenvalue weighted by atomic mass is 10.0. The molecule has 2 atom stereocenters. The molecule has 0 radical (unpaired) electrons. The van der Waals surface area contributed by atoms with E-state index in [1.807, 2.05) is 0 Å². The van der Waals surface area contributed by atoms with Crippen LogP contribution in [0.1, 0.15) is 45.5 Å². The van der Waals surface area contributed by atoms with Crippen molar-refractivity contribution in [3.63, 3.8) is 0 Å². The smallest absolute Gasteiger partial charge is 0.261 e. The number of amides is 2. The highest BCUT2D eigenvalue weighted by molar-refractivity contribution is 6.21. The number of rotatable bonds is 6. The largest absolute Gasteiger partial charge is 0.496 e. The predicted octanol–water partition coefficient (Wildman–Crippen LogP) is 3.61. The molecule has 0 spiro atoms. The van der Waals surface area contributed by atoms with Gasteiger partial charge in [-0.05, 0) is 61.6 Å². The molecule has 2 aromatic rings. The van der Waals surface area contributed by atoms with Crippen molar-refractivity contribution in [2.24, 2.45) is 0 Å². The van der Waals surface area contributed by atoms with Crippen molar-refractivity contribution < 1.29 is 23.5 Å². The maximum absolute atomic E-state index is 13.5. The maximum atomic E-state index is 13.5. The number of aryl methyl sites for hydroxylation is 1. The van der Waals surface area contributed by atoms with Crippen LogP contribution in [0.4, 0.5) is 4.39 Å². The van der Waals surface area contributed by atoms with E-state index in [4.69, 9.17) is 9.47 Å². The van der Waals surface area contributed by atoms with Gasteiger partial charge in [0.05, 0.1) is 37.0 Å². The van der Waals surface area contributed by atoms with Crippen LogP contribution in [0.25, 0.3) is 0 Å². The van der Waals surface area contributed by atoms with Gasteiger partial charge >= 0.3 is 0 Å². The second-order valence-corrected chi connectivity index (χ2v) is 7.22. The summed E-state index contributed by atoms with van der Waals surface area (Å²) in [5.74, 6) is -0.122. The zero-order chi connectivity index (χ0) is 19.7. The molecule has 2 amide bonds. The normalized spacial score (nSPS) is 21.3. The summed E-state index contributed by atoms with van der Waals surface area (Å²) in [7, 11) is 1.57. The van der Waals surface area contributed by atoms with Gasteiger partial charge in [0.1, 0.15) is 11.6 Å². The summed E-state index contributed by atoms with van der Waals surface area (Å²) in [4.78, 5) is 26.3. The number of hydrogen-bond acceptors (Lipinski definition) is 4. The van der Waals surface area contributed by atoms with Gasteiger partial charge in [-0.25, -0.2) is 4.39 Å². The molecule has 5 nitrogen and oxygen atoms in total. The van der Waals surface area contributed by atoms with Gasteiger partial charge in [0.25, 0.3) is 11.8 Å². The minimum absolute atomic E-state index is 0.0214. The van der Waals surface area contributed by atoms with Gasteiger partial charge in [-0.3, -0.25) is 14.5 Å². The number of methoxy groups -OCH3 is 1. The van der Waals surface area contributed by atoms with E-state index in [0.29, 0.717) is 23.3 Å². The van der Waals surface area contributed by atoms with Crippen LogP contribution < -0.4 is 4.74 Å². The molecule has 2 aliphatic heterocycles. The van der Waals surface area contributed by atoms with E-state index in [9.17, 15) is 14.0 Å². The zero-order valence-electron chi connectivity index (χ0n) is 15.7. The number of hydrogen-bond donors (Lipinski definition) is 0. The van der Waals surface area contributed by atoms with Gasteiger partial charge in [-0.1, -0.05) is 12.1 Å². The molecule has 0 aliphatic carbocycles. The van der Waals surface area contributed by atoms with Crippen molar-refractivity contribution in [2.75, 3.05) is 13.7 Å². The molecular formula is C22H22FNO4. The quantitative estimate of drug-likeness (QED) is 0.715. The minimum Gasteiger partial charge on any atom is -0.496 e. The molecule has 146 valence electrons. The first-order valence-electron chi connectivity index (χ1n) is 9.50. The third-order valence-corrected chi connectivity index (χ3v) is 5.44. The molecule has 0 bridgehead atoms. The highest BCUT2D eigenvalue weighted by Gasteiger charge is 2.38. The Morgan fingerprint density at radius 1 is 1.07 bits per heavy atom. The number of benzene rings is 2. The minimum atomic E-state index is -0.286. The summed E-state index contributed by atoms with van der Waals surface area (Å²) in [6, 6.07) is 11.4. The molecule has 1 saturated heterocycles. The SMILES string of the molecule is COc1ccc(F)cc1CC[C@H]1CC[C@H](CN2C(=O)c3ccccc3C2=O)O1. The monoisotopic (exact) mass is 383 g/mol. The Morgan fingerprint density at radius 2 is 1.75 bits per heavy atom. The Hall–Kier alpha value is -2.73. The fourth-order valence-corrected chi connectivity index (χ4v) is 3.99. The molecule has 0 saturated carbocycles. The average molecular weight is 383 g/mol. The van der Waals surface area contributed by atoms with Crippen LogP contribution in [0.3, 0.4) is 0 Å². The molecular weight excluding hydrogens is 361 g/mol. The van der Waals surface area contributed by atoms with Crippen LogP contribution in [-0.4, -0.2) is 42.6 Å². The van der Waals surface area contributed by atoms with Crippen molar-refractivity contribution in [3.05, 3.63) is 65.0 Å².